The van der Waals surface area contributed by atoms with Gasteiger partial charge in [0.15, 0.2) is 0 Å². The van der Waals surface area contributed by atoms with Crippen LogP contribution in [0.25, 0.3) is 0 Å². The lowest BCUT2D eigenvalue weighted by Gasteiger charge is -2.01. The zero-order valence-corrected chi connectivity index (χ0v) is 14.4. The number of aromatic hydroxyl groups is 1. The van der Waals surface area contributed by atoms with Gasteiger partial charge in [-0.1, -0.05) is 95.1 Å². The molecule has 1 N–H and O–H groups in total. The average Bonchev–Trinajstić information content (AvgIpc) is 2.53. The van der Waals surface area contributed by atoms with Crippen molar-refractivity contribution in [1.82, 2.24) is 0 Å². The van der Waals surface area contributed by atoms with Gasteiger partial charge in [-0.25, -0.2) is 0 Å². The lowest BCUT2D eigenvalue weighted by Crippen LogP contribution is -1.82. The van der Waals surface area contributed by atoms with E-state index in [4.69, 9.17) is 0 Å². The Morgan fingerprint density at radius 3 is 2.00 bits per heavy atom. The van der Waals surface area contributed by atoms with Crippen LogP contribution in [-0.4, -0.2) is 5.11 Å². The van der Waals surface area contributed by atoms with Crippen LogP contribution >= 0.6 is 0 Å². The Balaban J connectivity index is 1.89. The second kappa shape index (κ2) is 13.4. The molecule has 0 saturated carbocycles. The molecule has 0 unspecified atom stereocenters. The minimum absolute atomic E-state index is 0.408. The number of unbranched alkanes of at least 4 members (excludes halogenated alkanes) is 10. The van der Waals surface area contributed by atoms with Crippen molar-refractivity contribution in [2.45, 2.75) is 84.0 Å². The molecule has 0 saturated heterocycles. The van der Waals surface area contributed by atoms with E-state index in [9.17, 15) is 5.11 Å². The fourth-order valence-corrected chi connectivity index (χ4v) is 2.76. The van der Waals surface area contributed by atoms with Gasteiger partial charge in [0.2, 0.25) is 0 Å². The van der Waals surface area contributed by atoms with Crippen LogP contribution in [0.4, 0.5) is 0 Å². The van der Waals surface area contributed by atoms with Gasteiger partial charge in [0.1, 0.15) is 5.75 Å². The maximum Gasteiger partial charge on any atom is 0.119 e. The van der Waals surface area contributed by atoms with Gasteiger partial charge in [0, 0.05) is 0 Å². The summed E-state index contributed by atoms with van der Waals surface area (Å²) in [5.74, 6) is 0.408. The number of hydrogen-bond acceptors (Lipinski definition) is 1. The molecule has 0 spiro atoms. The highest BCUT2D eigenvalue weighted by atomic mass is 16.3. The monoisotopic (exact) mass is 302 g/mol. The van der Waals surface area contributed by atoms with Gasteiger partial charge in [-0.3, -0.25) is 0 Å². The minimum atomic E-state index is 0.408. The third-order valence-corrected chi connectivity index (χ3v) is 4.22. The van der Waals surface area contributed by atoms with E-state index in [1.165, 1.54) is 70.6 Å². The van der Waals surface area contributed by atoms with Crippen molar-refractivity contribution in [3.63, 3.8) is 0 Å². The SMILES string of the molecule is CCCCCCCCCCCCC=CCc1ccccc1O. The molecule has 0 fully saturated rings. The molecule has 0 aliphatic rings. The van der Waals surface area contributed by atoms with Gasteiger partial charge >= 0.3 is 0 Å². The summed E-state index contributed by atoms with van der Waals surface area (Å²) in [7, 11) is 0. The summed E-state index contributed by atoms with van der Waals surface area (Å²) in [5.41, 5.74) is 1.02. The number of phenols is 1. The number of para-hydroxylation sites is 1. The Kier molecular flexibility index (Phi) is 11.5. The fourth-order valence-electron chi connectivity index (χ4n) is 2.76. The highest BCUT2D eigenvalue weighted by Crippen LogP contribution is 2.16. The standard InChI is InChI=1S/C21H34O/c1-2-3-4-5-6-7-8-9-10-11-12-13-14-17-20-18-15-16-19-21(20)22/h13-16,18-19,22H,2-12,17H2,1H3. The smallest absolute Gasteiger partial charge is 0.119 e. The Labute approximate surface area is 137 Å². The Hall–Kier alpha value is -1.24. The largest absolute Gasteiger partial charge is 0.508 e. The summed E-state index contributed by atoms with van der Waals surface area (Å²) in [6.45, 7) is 2.27. The van der Waals surface area contributed by atoms with E-state index >= 15 is 0 Å². The van der Waals surface area contributed by atoms with Crippen LogP contribution in [-0.2, 0) is 6.42 Å². The van der Waals surface area contributed by atoms with E-state index in [1.54, 1.807) is 6.07 Å². The summed E-state index contributed by atoms with van der Waals surface area (Å²) in [4.78, 5) is 0. The molecule has 0 bridgehead atoms. The molecule has 0 aromatic heterocycles. The topological polar surface area (TPSA) is 20.2 Å². The van der Waals surface area contributed by atoms with Crippen LogP contribution in [0.2, 0.25) is 0 Å². The summed E-state index contributed by atoms with van der Waals surface area (Å²) < 4.78 is 0. The first-order chi connectivity index (χ1) is 10.8. The summed E-state index contributed by atoms with van der Waals surface area (Å²) in [5, 5.41) is 9.67. The van der Waals surface area contributed by atoms with E-state index in [0.29, 0.717) is 5.75 Å². The van der Waals surface area contributed by atoms with Crippen molar-refractivity contribution in [1.29, 1.82) is 0 Å². The van der Waals surface area contributed by atoms with Crippen molar-refractivity contribution in [3.05, 3.63) is 42.0 Å². The molecule has 0 heterocycles. The highest BCUT2D eigenvalue weighted by molar-refractivity contribution is 5.33. The predicted octanol–water partition coefficient (Wildman–Crippen LogP) is 6.80. The first-order valence-electron chi connectivity index (χ1n) is 9.26. The highest BCUT2D eigenvalue weighted by Gasteiger charge is 1.95. The van der Waals surface area contributed by atoms with Gasteiger partial charge in [0.25, 0.3) is 0 Å². The van der Waals surface area contributed by atoms with Crippen LogP contribution in [0.1, 0.15) is 83.1 Å². The van der Waals surface area contributed by atoms with Crippen molar-refractivity contribution in [2.75, 3.05) is 0 Å². The van der Waals surface area contributed by atoms with Gasteiger partial charge in [-0.15, -0.1) is 0 Å². The van der Waals surface area contributed by atoms with Crippen molar-refractivity contribution in [2.24, 2.45) is 0 Å². The number of benzene rings is 1. The summed E-state index contributed by atoms with van der Waals surface area (Å²) >= 11 is 0. The van der Waals surface area contributed by atoms with E-state index in [-0.39, 0.29) is 0 Å². The van der Waals surface area contributed by atoms with E-state index < -0.39 is 0 Å². The molecule has 0 atom stereocenters. The van der Waals surface area contributed by atoms with Crippen LogP contribution in [0.5, 0.6) is 5.75 Å². The van der Waals surface area contributed by atoms with Crippen molar-refractivity contribution >= 4 is 0 Å². The first kappa shape index (κ1) is 18.8. The molecular weight excluding hydrogens is 268 g/mol. The van der Waals surface area contributed by atoms with Crippen LogP contribution in [0.3, 0.4) is 0 Å². The molecular formula is C21H34O. The van der Waals surface area contributed by atoms with Crippen LogP contribution < -0.4 is 0 Å². The summed E-state index contributed by atoms with van der Waals surface area (Å²) in [6, 6.07) is 7.59. The Morgan fingerprint density at radius 2 is 1.36 bits per heavy atom. The number of phenolic OH excluding ortho intramolecular Hbond substituents is 1. The molecule has 0 radical (unpaired) electrons. The molecule has 22 heavy (non-hydrogen) atoms. The van der Waals surface area contributed by atoms with Crippen molar-refractivity contribution in [3.8, 4) is 5.75 Å². The lowest BCUT2D eigenvalue weighted by atomic mass is 10.1. The molecule has 1 aromatic carbocycles. The van der Waals surface area contributed by atoms with Gasteiger partial charge in [-0.2, -0.15) is 0 Å². The number of allylic oxidation sites excluding steroid dienone is 2. The second-order valence-corrected chi connectivity index (χ2v) is 6.27. The van der Waals surface area contributed by atoms with E-state index in [1.807, 2.05) is 18.2 Å². The third kappa shape index (κ3) is 9.65. The Morgan fingerprint density at radius 1 is 0.773 bits per heavy atom. The van der Waals surface area contributed by atoms with Crippen LogP contribution in [0, 0.1) is 0 Å². The molecule has 1 heteroatoms. The molecule has 0 aliphatic heterocycles. The maximum atomic E-state index is 9.67. The Bertz CT molecular complexity index is 395. The average molecular weight is 303 g/mol. The number of rotatable bonds is 13. The molecule has 1 aromatic rings. The second-order valence-electron chi connectivity index (χ2n) is 6.27. The molecule has 0 amide bonds. The zero-order valence-electron chi connectivity index (χ0n) is 14.4. The molecule has 1 rings (SSSR count). The number of hydrogen-bond donors (Lipinski definition) is 1. The van der Waals surface area contributed by atoms with Crippen molar-refractivity contribution < 1.29 is 5.11 Å². The molecule has 124 valence electrons. The van der Waals surface area contributed by atoms with Gasteiger partial charge in [0.05, 0.1) is 0 Å². The quantitative estimate of drug-likeness (QED) is 0.314. The summed E-state index contributed by atoms with van der Waals surface area (Å²) in [6.07, 6.45) is 20.4. The molecule has 1 nitrogen and oxygen atoms in total. The van der Waals surface area contributed by atoms with Gasteiger partial charge in [-0.05, 0) is 30.9 Å². The van der Waals surface area contributed by atoms with Gasteiger partial charge < -0.3 is 5.11 Å². The first-order valence-corrected chi connectivity index (χ1v) is 9.26. The predicted molar refractivity (Wildman–Crippen MR) is 97.4 cm³/mol. The third-order valence-electron chi connectivity index (χ3n) is 4.22. The van der Waals surface area contributed by atoms with E-state index in [2.05, 4.69) is 19.1 Å². The maximum absolute atomic E-state index is 9.67. The van der Waals surface area contributed by atoms with Crippen LogP contribution in [0.15, 0.2) is 36.4 Å². The fraction of sp³-hybridized carbons (Fsp3) is 0.619. The molecule has 0 aliphatic carbocycles. The minimum Gasteiger partial charge on any atom is -0.508 e. The van der Waals surface area contributed by atoms with E-state index in [0.717, 1.165) is 12.0 Å². The lowest BCUT2D eigenvalue weighted by molar-refractivity contribution is 0.469. The normalized spacial score (nSPS) is 11.3. The zero-order chi connectivity index (χ0) is 15.9.